The van der Waals surface area contributed by atoms with Crippen LogP contribution in [-0.2, 0) is 6.18 Å². The summed E-state index contributed by atoms with van der Waals surface area (Å²) in [4.78, 5) is 4.24. The molecule has 2 rings (SSSR count). The SMILES string of the molecule is Cc1nc(C(NN)c2cccc(C(F)(F)F)c2)cs1. The minimum Gasteiger partial charge on any atom is -0.271 e. The highest BCUT2D eigenvalue weighted by atomic mass is 32.1. The number of rotatable bonds is 3. The summed E-state index contributed by atoms with van der Waals surface area (Å²) in [7, 11) is 0. The lowest BCUT2D eigenvalue weighted by molar-refractivity contribution is -0.137. The summed E-state index contributed by atoms with van der Waals surface area (Å²) in [6.45, 7) is 1.83. The highest BCUT2D eigenvalue weighted by Crippen LogP contribution is 2.32. The maximum absolute atomic E-state index is 12.7. The Labute approximate surface area is 112 Å². The van der Waals surface area contributed by atoms with Crippen LogP contribution in [-0.4, -0.2) is 4.98 Å². The Morgan fingerprint density at radius 2 is 2.11 bits per heavy atom. The predicted octanol–water partition coefficient (Wildman–Crippen LogP) is 3.02. The van der Waals surface area contributed by atoms with Crippen LogP contribution in [0.4, 0.5) is 13.2 Å². The maximum Gasteiger partial charge on any atom is 0.416 e. The summed E-state index contributed by atoms with van der Waals surface area (Å²) >= 11 is 1.42. The Morgan fingerprint density at radius 3 is 2.63 bits per heavy atom. The molecule has 0 amide bonds. The van der Waals surface area contributed by atoms with Gasteiger partial charge in [0.05, 0.1) is 22.3 Å². The fourth-order valence-electron chi connectivity index (χ4n) is 1.76. The van der Waals surface area contributed by atoms with Crippen molar-refractivity contribution in [3.8, 4) is 0 Å². The lowest BCUT2D eigenvalue weighted by Crippen LogP contribution is -2.29. The predicted molar refractivity (Wildman–Crippen MR) is 67.5 cm³/mol. The molecule has 1 aromatic heterocycles. The second-order valence-corrected chi connectivity index (χ2v) is 5.08. The van der Waals surface area contributed by atoms with Crippen molar-refractivity contribution in [3.05, 3.63) is 51.5 Å². The van der Waals surface area contributed by atoms with Gasteiger partial charge in [-0.3, -0.25) is 5.84 Å². The first-order valence-electron chi connectivity index (χ1n) is 5.47. The number of hydrogen-bond acceptors (Lipinski definition) is 4. The van der Waals surface area contributed by atoms with Gasteiger partial charge in [0.2, 0.25) is 0 Å². The quantitative estimate of drug-likeness (QED) is 0.674. The van der Waals surface area contributed by atoms with Crippen LogP contribution in [0.15, 0.2) is 29.6 Å². The molecule has 19 heavy (non-hydrogen) atoms. The van der Waals surface area contributed by atoms with E-state index >= 15 is 0 Å². The molecule has 0 aliphatic heterocycles. The summed E-state index contributed by atoms with van der Waals surface area (Å²) in [6.07, 6.45) is -4.37. The van der Waals surface area contributed by atoms with E-state index in [4.69, 9.17) is 5.84 Å². The number of nitrogens with two attached hydrogens (primary N) is 1. The van der Waals surface area contributed by atoms with Crippen molar-refractivity contribution in [3.63, 3.8) is 0 Å². The smallest absolute Gasteiger partial charge is 0.271 e. The third-order valence-electron chi connectivity index (χ3n) is 2.65. The lowest BCUT2D eigenvalue weighted by atomic mass is 10.0. The Morgan fingerprint density at radius 1 is 1.37 bits per heavy atom. The average Bonchev–Trinajstić information content (AvgIpc) is 2.76. The van der Waals surface area contributed by atoms with E-state index in [9.17, 15) is 13.2 Å². The van der Waals surface area contributed by atoms with Gasteiger partial charge >= 0.3 is 6.18 Å². The summed E-state index contributed by atoms with van der Waals surface area (Å²) < 4.78 is 38.0. The summed E-state index contributed by atoms with van der Waals surface area (Å²) in [5.41, 5.74) is 2.85. The molecule has 1 aromatic carbocycles. The van der Waals surface area contributed by atoms with E-state index in [0.29, 0.717) is 11.3 Å². The molecule has 0 aliphatic rings. The lowest BCUT2D eigenvalue weighted by Gasteiger charge is -2.16. The van der Waals surface area contributed by atoms with E-state index in [-0.39, 0.29) is 0 Å². The minimum atomic E-state index is -4.37. The van der Waals surface area contributed by atoms with Gasteiger partial charge in [0.1, 0.15) is 0 Å². The zero-order chi connectivity index (χ0) is 14.0. The number of aryl methyl sites for hydroxylation is 1. The molecule has 1 unspecified atom stereocenters. The number of benzene rings is 1. The summed E-state index contributed by atoms with van der Waals surface area (Å²) in [5, 5.41) is 2.61. The molecule has 0 saturated carbocycles. The molecule has 0 fully saturated rings. The van der Waals surface area contributed by atoms with Crippen LogP contribution in [0.5, 0.6) is 0 Å². The van der Waals surface area contributed by atoms with Crippen LogP contribution in [0, 0.1) is 6.92 Å². The number of aromatic nitrogens is 1. The Kier molecular flexibility index (Phi) is 3.88. The van der Waals surface area contributed by atoms with Crippen molar-refractivity contribution in [2.45, 2.75) is 19.1 Å². The topological polar surface area (TPSA) is 50.9 Å². The van der Waals surface area contributed by atoms with Gasteiger partial charge < -0.3 is 0 Å². The van der Waals surface area contributed by atoms with Crippen LogP contribution < -0.4 is 11.3 Å². The molecule has 0 radical (unpaired) electrons. The number of hydrazine groups is 1. The minimum absolute atomic E-state index is 0.433. The molecule has 1 atom stereocenters. The van der Waals surface area contributed by atoms with Gasteiger partial charge in [-0.15, -0.1) is 11.3 Å². The largest absolute Gasteiger partial charge is 0.416 e. The van der Waals surface area contributed by atoms with E-state index in [2.05, 4.69) is 10.4 Å². The van der Waals surface area contributed by atoms with Gasteiger partial charge in [-0.2, -0.15) is 13.2 Å². The van der Waals surface area contributed by atoms with Crippen LogP contribution >= 0.6 is 11.3 Å². The van der Waals surface area contributed by atoms with E-state index in [1.807, 2.05) is 6.92 Å². The first kappa shape index (κ1) is 14.0. The van der Waals surface area contributed by atoms with E-state index in [0.717, 1.165) is 17.1 Å². The molecular weight excluding hydrogens is 275 g/mol. The zero-order valence-corrected chi connectivity index (χ0v) is 10.8. The molecule has 2 aromatic rings. The molecular formula is C12H12F3N3S. The fraction of sp³-hybridized carbons (Fsp3) is 0.250. The molecule has 0 bridgehead atoms. The van der Waals surface area contributed by atoms with Gasteiger partial charge in [-0.1, -0.05) is 12.1 Å². The molecule has 3 nitrogen and oxygen atoms in total. The van der Waals surface area contributed by atoms with E-state index in [1.54, 1.807) is 11.4 Å². The Balaban J connectivity index is 2.39. The summed E-state index contributed by atoms with van der Waals surface area (Å²) in [6, 6.07) is 4.52. The average molecular weight is 287 g/mol. The highest BCUT2D eigenvalue weighted by Gasteiger charge is 2.31. The second-order valence-electron chi connectivity index (χ2n) is 4.01. The second kappa shape index (κ2) is 5.28. The van der Waals surface area contributed by atoms with Crippen LogP contribution in [0.25, 0.3) is 0 Å². The summed E-state index contributed by atoms with van der Waals surface area (Å²) in [5.74, 6) is 5.44. The van der Waals surface area contributed by atoms with Crippen molar-refractivity contribution in [1.29, 1.82) is 0 Å². The third-order valence-corrected chi connectivity index (χ3v) is 3.44. The maximum atomic E-state index is 12.7. The van der Waals surface area contributed by atoms with Crippen molar-refractivity contribution in [2.75, 3.05) is 0 Å². The molecule has 1 heterocycles. The first-order chi connectivity index (χ1) is 8.91. The van der Waals surface area contributed by atoms with Crippen molar-refractivity contribution >= 4 is 11.3 Å². The van der Waals surface area contributed by atoms with Crippen LogP contribution in [0.1, 0.15) is 27.9 Å². The van der Waals surface area contributed by atoms with Gasteiger partial charge in [0.15, 0.2) is 0 Å². The molecule has 0 spiro atoms. The van der Waals surface area contributed by atoms with Gasteiger partial charge in [0.25, 0.3) is 0 Å². The van der Waals surface area contributed by atoms with Gasteiger partial charge in [-0.05, 0) is 24.6 Å². The number of halogens is 3. The molecule has 7 heteroatoms. The Hall–Kier alpha value is -1.44. The van der Waals surface area contributed by atoms with Crippen molar-refractivity contribution < 1.29 is 13.2 Å². The van der Waals surface area contributed by atoms with Crippen LogP contribution in [0.3, 0.4) is 0 Å². The first-order valence-corrected chi connectivity index (χ1v) is 6.35. The van der Waals surface area contributed by atoms with Crippen molar-refractivity contribution in [1.82, 2.24) is 10.4 Å². The molecule has 102 valence electrons. The number of alkyl halides is 3. The van der Waals surface area contributed by atoms with Crippen molar-refractivity contribution in [2.24, 2.45) is 5.84 Å². The van der Waals surface area contributed by atoms with Crippen LogP contribution in [0.2, 0.25) is 0 Å². The normalized spacial score (nSPS) is 13.5. The standard InChI is InChI=1S/C12H12F3N3S/c1-7-17-10(6-19-7)11(18-16)8-3-2-4-9(5-8)12(13,14)15/h2-6,11,18H,16H2,1H3. The number of hydrogen-bond donors (Lipinski definition) is 2. The number of thiazole rings is 1. The Bertz CT molecular complexity index is 565. The van der Waals surface area contributed by atoms with E-state index < -0.39 is 17.8 Å². The van der Waals surface area contributed by atoms with Gasteiger partial charge in [-0.25, -0.2) is 10.4 Å². The molecule has 0 aliphatic carbocycles. The van der Waals surface area contributed by atoms with Gasteiger partial charge in [0, 0.05) is 5.38 Å². The third kappa shape index (κ3) is 3.12. The highest BCUT2D eigenvalue weighted by molar-refractivity contribution is 7.09. The molecule has 0 saturated heterocycles. The molecule has 3 N–H and O–H groups in total. The number of nitrogens with one attached hydrogen (secondary N) is 1. The fourth-order valence-corrected chi connectivity index (χ4v) is 2.40. The monoisotopic (exact) mass is 287 g/mol. The number of nitrogens with zero attached hydrogens (tertiary/aromatic N) is 1. The zero-order valence-electron chi connectivity index (χ0n) is 10.0. The van der Waals surface area contributed by atoms with E-state index in [1.165, 1.54) is 17.4 Å².